The minimum atomic E-state index is -3.55. The van der Waals surface area contributed by atoms with Crippen molar-refractivity contribution in [1.29, 1.82) is 0 Å². The molecule has 2 heterocycles. The maximum Gasteiger partial charge on any atom is 0.257 e. The molecule has 0 aliphatic carbocycles. The Morgan fingerprint density at radius 1 is 1.00 bits per heavy atom. The zero-order valence-electron chi connectivity index (χ0n) is 17.1. The zero-order valence-corrected chi connectivity index (χ0v) is 18.7. The number of aromatic nitrogens is 2. The van der Waals surface area contributed by atoms with Crippen LogP contribution in [0.4, 0.5) is 5.13 Å². The monoisotopic (exact) mass is 465 g/mol. The van der Waals surface area contributed by atoms with Gasteiger partial charge in [0.15, 0.2) is 15.0 Å². The molecular formula is C23H19N3O4S2. The number of amides is 1. The largest absolute Gasteiger partial charge is 0.497 e. The second-order valence-corrected chi connectivity index (χ2v) is 9.69. The lowest BCUT2D eigenvalue weighted by molar-refractivity contribution is 0.102. The summed E-state index contributed by atoms with van der Waals surface area (Å²) in [6.45, 7) is 0. The van der Waals surface area contributed by atoms with Crippen LogP contribution in [0.2, 0.25) is 0 Å². The Kier molecular flexibility index (Phi) is 6.29. The molecule has 0 atom stereocenters. The minimum absolute atomic E-state index is 0.141. The summed E-state index contributed by atoms with van der Waals surface area (Å²) < 4.78 is 30.5. The van der Waals surface area contributed by atoms with Gasteiger partial charge in [0, 0.05) is 17.1 Å². The highest BCUT2D eigenvalue weighted by Gasteiger charge is 2.17. The Morgan fingerprint density at radius 2 is 1.75 bits per heavy atom. The molecule has 2 aromatic heterocycles. The van der Waals surface area contributed by atoms with E-state index in [0.717, 1.165) is 5.69 Å². The third-order valence-corrected chi connectivity index (χ3v) is 7.10. The van der Waals surface area contributed by atoms with Crippen LogP contribution in [0.25, 0.3) is 11.4 Å². The van der Waals surface area contributed by atoms with Crippen molar-refractivity contribution in [2.45, 2.75) is 10.6 Å². The van der Waals surface area contributed by atoms with E-state index in [1.807, 2.05) is 23.6 Å². The fourth-order valence-corrected chi connectivity index (χ4v) is 5.02. The number of sulfone groups is 1. The lowest BCUT2D eigenvalue weighted by Crippen LogP contribution is -2.12. The number of carbonyl (C=O) groups is 1. The highest BCUT2D eigenvalue weighted by atomic mass is 32.2. The number of ether oxygens (including phenoxy) is 1. The van der Waals surface area contributed by atoms with Gasteiger partial charge < -0.3 is 4.74 Å². The van der Waals surface area contributed by atoms with Gasteiger partial charge in [-0.3, -0.25) is 15.1 Å². The number of nitrogens with zero attached hydrogens (tertiary/aromatic N) is 2. The summed E-state index contributed by atoms with van der Waals surface area (Å²) in [7, 11) is -2.00. The molecule has 0 radical (unpaired) electrons. The fraction of sp³-hybridized carbons (Fsp3) is 0.0870. The fourth-order valence-electron chi connectivity index (χ4n) is 2.97. The summed E-state index contributed by atoms with van der Waals surface area (Å²) in [5.74, 6) is 0.151. The van der Waals surface area contributed by atoms with Gasteiger partial charge in [-0.25, -0.2) is 13.4 Å². The Labute approximate surface area is 189 Å². The first-order valence-corrected chi connectivity index (χ1v) is 12.1. The molecule has 0 aliphatic rings. The van der Waals surface area contributed by atoms with Gasteiger partial charge in [0.05, 0.1) is 23.5 Å². The van der Waals surface area contributed by atoms with Crippen LogP contribution < -0.4 is 10.1 Å². The second-order valence-electron chi connectivity index (χ2n) is 6.84. The lowest BCUT2D eigenvalue weighted by atomic mass is 10.2. The minimum Gasteiger partial charge on any atom is -0.497 e. The summed E-state index contributed by atoms with van der Waals surface area (Å²) in [5, 5.41) is 4.99. The predicted octanol–water partition coefficient (Wildman–Crippen LogP) is 4.44. The molecule has 1 amide bonds. The van der Waals surface area contributed by atoms with Crippen molar-refractivity contribution in [2.24, 2.45) is 0 Å². The molecule has 0 saturated carbocycles. The Hall–Kier alpha value is -3.56. The van der Waals surface area contributed by atoms with Crippen LogP contribution in [0.1, 0.15) is 15.9 Å². The maximum atomic E-state index is 12.7. The van der Waals surface area contributed by atoms with Crippen molar-refractivity contribution in [2.75, 3.05) is 12.4 Å². The van der Waals surface area contributed by atoms with Gasteiger partial charge in [0.2, 0.25) is 0 Å². The van der Waals surface area contributed by atoms with E-state index in [2.05, 4.69) is 15.3 Å². The Balaban J connectivity index is 1.43. The predicted molar refractivity (Wildman–Crippen MR) is 124 cm³/mol. The molecule has 0 unspecified atom stereocenters. The van der Waals surface area contributed by atoms with Crippen molar-refractivity contribution < 1.29 is 17.9 Å². The first-order valence-electron chi connectivity index (χ1n) is 9.59. The molecule has 4 aromatic rings. The van der Waals surface area contributed by atoms with Crippen molar-refractivity contribution in [3.05, 3.63) is 89.4 Å². The van der Waals surface area contributed by atoms with Crippen molar-refractivity contribution in [3.63, 3.8) is 0 Å². The van der Waals surface area contributed by atoms with Gasteiger partial charge in [0.1, 0.15) is 11.4 Å². The molecule has 9 heteroatoms. The normalized spacial score (nSPS) is 11.2. The van der Waals surface area contributed by atoms with Crippen LogP contribution in [0.3, 0.4) is 0 Å². The number of pyridine rings is 1. The average Bonchev–Trinajstić information content (AvgIpc) is 3.28. The van der Waals surface area contributed by atoms with Crippen LogP contribution in [-0.2, 0) is 15.6 Å². The number of benzene rings is 2. The number of thiazole rings is 1. The summed E-state index contributed by atoms with van der Waals surface area (Å²) in [4.78, 5) is 21.3. The number of rotatable bonds is 7. The number of hydrogen-bond donors (Lipinski definition) is 1. The smallest absolute Gasteiger partial charge is 0.257 e. The van der Waals surface area contributed by atoms with Gasteiger partial charge in [-0.2, -0.15) is 0 Å². The van der Waals surface area contributed by atoms with E-state index >= 15 is 0 Å². The third-order valence-electron chi connectivity index (χ3n) is 4.64. The molecular weight excluding hydrogens is 446 g/mol. The molecule has 0 bridgehead atoms. The summed E-state index contributed by atoms with van der Waals surface area (Å²) in [6, 6.07) is 18.2. The second kappa shape index (κ2) is 9.29. The first kappa shape index (κ1) is 21.7. The van der Waals surface area contributed by atoms with E-state index in [0.29, 0.717) is 27.7 Å². The molecule has 2 aromatic carbocycles. The van der Waals surface area contributed by atoms with Crippen LogP contribution in [-0.4, -0.2) is 31.4 Å². The van der Waals surface area contributed by atoms with Crippen molar-refractivity contribution in [3.8, 4) is 17.1 Å². The molecule has 1 N–H and O–H groups in total. The van der Waals surface area contributed by atoms with Gasteiger partial charge in [0.25, 0.3) is 5.91 Å². The molecule has 32 heavy (non-hydrogen) atoms. The SMILES string of the molecule is COc1ccc(CS(=O)(=O)c2ccc(C(=O)Nc3nc(-c4ccccn4)cs3)cc2)cc1. The number of methoxy groups -OCH3 is 1. The van der Waals surface area contributed by atoms with Crippen LogP contribution in [0.5, 0.6) is 5.75 Å². The first-order chi connectivity index (χ1) is 15.4. The average molecular weight is 466 g/mol. The Morgan fingerprint density at radius 3 is 2.41 bits per heavy atom. The van der Waals surface area contributed by atoms with Crippen LogP contribution in [0.15, 0.2) is 83.2 Å². The van der Waals surface area contributed by atoms with Crippen LogP contribution >= 0.6 is 11.3 Å². The third kappa shape index (κ3) is 5.01. The summed E-state index contributed by atoms with van der Waals surface area (Å²) >= 11 is 1.29. The van der Waals surface area contributed by atoms with Gasteiger partial charge in [-0.15, -0.1) is 11.3 Å². The molecule has 0 fully saturated rings. The number of hydrogen-bond acceptors (Lipinski definition) is 7. The maximum absolute atomic E-state index is 12.7. The summed E-state index contributed by atoms with van der Waals surface area (Å²) in [5.41, 5.74) is 2.38. The van der Waals surface area contributed by atoms with E-state index in [4.69, 9.17) is 4.74 Å². The summed E-state index contributed by atoms with van der Waals surface area (Å²) in [6.07, 6.45) is 1.68. The standard InChI is InChI=1S/C23H19N3O4S2/c1-30-18-9-5-16(6-10-18)15-32(28,29)19-11-7-17(8-12-19)22(27)26-23-25-21(14-31-23)20-4-2-3-13-24-20/h2-14H,15H2,1H3,(H,25,26,27). The highest BCUT2D eigenvalue weighted by Crippen LogP contribution is 2.24. The van der Waals surface area contributed by atoms with Crippen LogP contribution in [0, 0.1) is 0 Å². The van der Waals surface area contributed by atoms with E-state index in [1.54, 1.807) is 37.6 Å². The molecule has 162 valence electrons. The molecule has 0 saturated heterocycles. The van der Waals surface area contributed by atoms with E-state index in [-0.39, 0.29) is 16.6 Å². The van der Waals surface area contributed by atoms with Gasteiger partial charge >= 0.3 is 0 Å². The van der Waals surface area contributed by atoms with E-state index in [1.165, 1.54) is 35.6 Å². The van der Waals surface area contributed by atoms with Gasteiger partial charge in [-0.05, 0) is 54.1 Å². The quantitative estimate of drug-likeness (QED) is 0.433. The highest BCUT2D eigenvalue weighted by molar-refractivity contribution is 7.90. The van der Waals surface area contributed by atoms with E-state index < -0.39 is 9.84 Å². The number of nitrogens with one attached hydrogen (secondary N) is 1. The molecule has 0 aliphatic heterocycles. The van der Waals surface area contributed by atoms with E-state index in [9.17, 15) is 13.2 Å². The topological polar surface area (TPSA) is 98.2 Å². The van der Waals surface area contributed by atoms with Gasteiger partial charge in [-0.1, -0.05) is 18.2 Å². The van der Waals surface area contributed by atoms with Crippen molar-refractivity contribution in [1.82, 2.24) is 9.97 Å². The molecule has 7 nitrogen and oxygen atoms in total. The lowest BCUT2D eigenvalue weighted by Gasteiger charge is -2.07. The molecule has 0 spiro atoms. The number of carbonyl (C=O) groups excluding carboxylic acids is 1. The molecule has 4 rings (SSSR count). The Bertz CT molecular complexity index is 1320. The number of anilines is 1. The zero-order chi connectivity index (χ0) is 22.6. The van der Waals surface area contributed by atoms with Crippen molar-refractivity contribution >= 4 is 32.2 Å².